The summed E-state index contributed by atoms with van der Waals surface area (Å²) in [6.07, 6.45) is 0. The molecule has 258 valence electrons. The molecule has 10 rings (SSSR count). The lowest BCUT2D eigenvalue weighted by Gasteiger charge is -2.24. The van der Waals surface area contributed by atoms with Crippen LogP contribution in [0.3, 0.4) is 0 Å². The number of benzene rings is 6. The predicted molar refractivity (Wildman–Crippen MR) is 219 cm³/mol. The van der Waals surface area contributed by atoms with Gasteiger partial charge in [-0.25, -0.2) is 9.97 Å². The van der Waals surface area contributed by atoms with Crippen LogP contribution in [0.5, 0.6) is 0 Å². The molecule has 53 heavy (non-hydrogen) atoms. The minimum absolute atomic E-state index is 0.0703. The number of para-hydroxylation sites is 1. The topological polar surface area (TPSA) is 57.0 Å². The minimum atomic E-state index is -2.68. The van der Waals surface area contributed by atoms with Gasteiger partial charge in [0.15, 0.2) is 5.58 Å². The van der Waals surface area contributed by atoms with Crippen LogP contribution in [0, 0.1) is 13.7 Å². The zero-order valence-electron chi connectivity index (χ0n) is 35.8. The van der Waals surface area contributed by atoms with Gasteiger partial charge in [0.25, 0.3) is 0 Å². The maximum Gasteiger partial charge on any atom is 0.228 e. The van der Waals surface area contributed by atoms with Gasteiger partial charge < -0.3 is 8.83 Å². The SMILES string of the molecule is [2H]C([2H])([2H])c1ccc2oc3nc4c(oc5c(-c6nc7ccc8ccccc8c7n6-c6c(C(C)C)cc(-c7ccccc7)cc6C(C)C)cccc54)c(C([2H])([2H])[2H])c3c2c1. The third kappa shape index (κ3) is 4.70. The smallest absolute Gasteiger partial charge is 0.228 e. The number of pyridine rings is 1. The number of furan rings is 2. The number of fused-ring (bicyclic) bond motifs is 9. The molecular formula is C48H39N3O2. The summed E-state index contributed by atoms with van der Waals surface area (Å²) in [6, 6.07) is 37.8. The highest BCUT2D eigenvalue weighted by atomic mass is 16.3. The van der Waals surface area contributed by atoms with Crippen LogP contribution in [-0.4, -0.2) is 14.5 Å². The molecule has 0 N–H and O–H groups in total. The van der Waals surface area contributed by atoms with Crippen LogP contribution in [0.15, 0.2) is 124 Å². The van der Waals surface area contributed by atoms with Gasteiger partial charge in [-0.15, -0.1) is 0 Å². The van der Waals surface area contributed by atoms with Gasteiger partial charge in [0.05, 0.1) is 27.7 Å². The van der Waals surface area contributed by atoms with Crippen molar-refractivity contribution in [3.8, 4) is 28.2 Å². The summed E-state index contributed by atoms with van der Waals surface area (Å²) in [5.41, 5.74) is 9.36. The van der Waals surface area contributed by atoms with E-state index in [1.54, 1.807) is 6.07 Å². The van der Waals surface area contributed by atoms with Crippen molar-refractivity contribution in [2.45, 2.75) is 53.2 Å². The molecule has 0 atom stereocenters. The van der Waals surface area contributed by atoms with Gasteiger partial charge in [-0.1, -0.05) is 106 Å². The Kier molecular flexibility index (Phi) is 5.65. The first-order valence-electron chi connectivity index (χ1n) is 21.1. The molecule has 0 fully saturated rings. The number of rotatable bonds is 5. The molecule has 0 unspecified atom stereocenters. The van der Waals surface area contributed by atoms with Crippen LogP contribution in [0.1, 0.15) is 70.0 Å². The summed E-state index contributed by atoms with van der Waals surface area (Å²) < 4.78 is 65.7. The maximum atomic E-state index is 8.80. The highest BCUT2D eigenvalue weighted by molar-refractivity contribution is 6.16. The molecule has 0 amide bonds. The Morgan fingerprint density at radius 2 is 1.42 bits per heavy atom. The third-order valence-corrected chi connectivity index (χ3v) is 10.6. The van der Waals surface area contributed by atoms with Crippen molar-refractivity contribution in [3.63, 3.8) is 0 Å². The Bertz CT molecular complexity index is 3290. The molecule has 0 saturated heterocycles. The number of imidazole rings is 1. The van der Waals surface area contributed by atoms with Crippen molar-refractivity contribution in [3.05, 3.63) is 138 Å². The molecule has 0 aliphatic rings. The molecule has 0 aliphatic heterocycles. The van der Waals surface area contributed by atoms with Gasteiger partial charge in [0.2, 0.25) is 5.71 Å². The molecule has 6 aromatic carbocycles. The Labute approximate surface area is 315 Å². The van der Waals surface area contributed by atoms with Crippen molar-refractivity contribution in [1.82, 2.24) is 14.5 Å². The summed E-state index contributed by atoms with van der Waals surface area (Å²) in [4.78, 5) is 10.3. The lowest BCUT2D eigenvalue weighted by molar-refractivity contribution is 0.651. The summed E-state index contributed by atoms with van der Waals surface area (Å²) in [5, 5.41) is 3.29. The van der Waals surface area contributed by atoms with E-state index in [2.05, 4.69) is 92.9 Å². The lowest BCUT2D eigenvalue weighted by atomic mass is 9.88. The fourth-order valence-corrected chi connectivity index (χ4v) is 8.04. The second kappa shape index (κ2) is 11.7. The van der Waals surface area contributed by atoms with E-state index in [1.165, 1.54) is 12.1 Å². The van der Waals surface area contributed by atoms with E-state index < -0.39 is 13.7 Å². The van der Waals surface area contributed by atoms with E-state index in [0.717, 1.165) is 49.7 Å². The summed E-state index contributed by atoms with van der Waals surface area (Å²) in [6.45, 7) is 3.79. The minimum Gasteiger partial charge on any atom is -0.453 e. The largest absolute Gasteiger partial charge is 0.453 e. The first kappa shape index (κ1) is 25.7. The van der Waals surface area contributed by atoms with E-state index >= 15 is 0 Å². The van der Waals surface area contributed by atoms with Crippen molar-refractivity contribution in [1.29, 1.82) is 0 Å². The number of hydrogen-bond acceptors (Lipinski definition) is 4. The Hall–Kier alpha value is -6.20. The van der Waals surface area contributed by atoms with Crippen LogP contribution < -0.4 is 0 Å². The quantitative estimate of drug-likeness (QED) is 0.180. The molecule has 0 radical (unpaired) electrons. The van der Waals surface area contributed by atoms with E-state index in [4.69, 9.17) is 27.0 Å². The molecular weight excluding hydrogens is 651 g/mol. The highest BCUT2D eigenvalue weighted by Gasteiger charge is 2.27. The van der Waals surface area contributed by atoms with Gasteiger partial charge in [-0.3, -0.25) is 4.57 Å². The van der Waals surface area contributed by atoms with Crippen molar-refractivity contribution in [2.75, 3.05) is 0 Å². The van der Waals surface area contributed by atoms with E-state index in [1.807, 2.05) is 36.4 Å². The zero-order chi connectivity index (χ0) is 41.1. The Balaban J connectivity index is 1.34. The molecule has 0 spiro atoms. The molecule has 10 aromatic rings. The maximum absolute atomic E-state index is 8.80. The van der Waals surface area contributed by atoms with Crippen LogP contribution in [0.25, 0.3) is 94.1 Å². The van der Waals surface area contributed by atoms with E-state index in [-0.39, 0.29) is 39.6 Å². The van der Waals surface area contributed by atoms with Crippen LogP contribution >= 0.6 is 0 Å². The van der Waals surface area contributed by atoms with Crippen molar-refractivity contribution < 1.29 is 17.1 Å². The molecule has 5 heteroatoms. The summed E-state index contributed by atoms with van der Waals surface area (Å²) in [5.74, 6) is 0.912. The van der Waals surface area contributed by atoms with Crippen LogP contribution in [-0.2, 0) is 0 Å². The fraction of sp³-hybridized carbons (Fsp3) is 0.167. The van der Waals surface area contributed by atoms with Gasteiger partial charge >= 0.3 is 0 Å². The molecule has 0 aliphatic carbocycles. The van der Waals surface area contributed by atoms with Gasteiger partial charge in [-0.05, 0) is 95.6 Å². The zero-order valence-corrected chi connectivity index (χ0v) is 29.8. The second-order valence-corrected chi connectivity index (χ2v) is 14.5. The second-order valence-electron chi connectivity index (χ2n) is 14.5. The number of hydrogen-bond donors (Lipinski definition) is 0. The molecule has 0 bridgehead atoms. The molecule has 4 heterocycles. The number of aromatic nitrogens is 3. The average molecular weight is 696 g/mol. The van der Waals surface area contributed by atoms with E-state index in [9.17, 15) is 0 Å². The first-order chi connectivity index (χ1) is 28.2. The van der Waals surface area contributed by atoms with E-state index in [0.29, 0.717) is 38.8 Å². The average Bonchev–Trinajstić information content (AvgIpc) is 3.90. The van der Waals surface area contributed by atoms with Gasteiger partial charge in [-0.2, -0.15) is 0 Å². The lowest BCUT2D eigenvalue weighted by Crippen LogP contribution is -2.09. The van der Waals surface area contributed by atoms with Crippen LogP contribution in [0.2, 0.25) is 0 Å². The Morgan fingerprint density at radius 3 is 2.19 bits per heavy atom. The monoisotopic (exact) mass is 695 g/mol. The van der Waals surface area contributed by atoms with Crippen molar-refractivity contribution >= 4 is 65.9 Å². The predicted octanol–water partition coefficient (Wildman–Crippen LogP) is 13.6. The highest BCUT2D eigenvalue weighted by Crippen LogP contribution is 2.45. The third-order valence-electron chi connectivity index (χ3n) is 10.6. The van der Waals surface area contributed by atoms with Crippen LogP contribution in [0.4, 0.5) is 0 Å². The number of nitrogens with zero attached hydrogens (tertiary/aromatic N) is 3. The van der Waals surface area contributed by atoms with Gasteiger partial charge in [0.1, 0.15) is 22.5 Å². The summed E-state index contributed by atoms with van der Waals surface area (Å²) >= 11 is 0. The normalized spacial score (nSPS) is 14.5. The molecule has 4 aromatic heterocycles. The fourth-order valence-electron chi connectivity index (χ4n) is 8.04. The molecule has 0 saturated carbocycles. The van der Waals surface area contributed by atoms with Crippen molar-refractivity contribution in [2.24, 2.45) is 0 Å². The summed E-state index contributed by atoms with van der Waals surface area (Å²) in [7, 11) is 0. The Morgan fingerprint density at radius 1 is 0.642 bits per heavy atom. The first-order valence-corrected chi connectivity index (χ1v) is 18.1. The number of aryl methyl sites for hydroxylation is 2. The molecule has 5 nitrogen and oxygen atoms in total. The standard InChI is InChI=1S/C48H39N3O2/c1-26(2)36-24-32(30-13-8-7-9-14-30)25-37(27(3)4)43(36)51-44-33-16-11-10-15-31(33)20-21-39(44)49-47(51)35-18-12-17-34-42-45(53-46(34)35)29(6)41-38-23-28(5)19-22-40(38)52-48(41)50-42/h7-27H,1-6H3/i5D3,6D3. The van der Waals surface area contributed by atoms with Gasteiger partial charge in [0, 0.05) is 29.9 Å².